The molecular weight excluding hydrogens is 164 g/mol. The first kappa shape index (κ1) is 8.18. The molecule has 7 nitrogen and oxygen atoms in total. The van der Waals surface area contributed by atoms with Crippen LogP contribution in [0.15, 0.2) is 5.10 Å². The molecule has 0 unspecified atom stereocenters. The lowest BCUT2D eigenvalue weighted by molar-refractivity contribution is -0.130. The van der Waals surface area contributed by atoms with Gasteiger partial charge in [0.15, 0.2) is 5.92 Å². The van der Waals surface area contributed by atoms with Crippen molar-refractivity contribution in [1.29, 1.82) is 0 Å². The fraction of sp³-hybridized carbons (Fsp3) is 0.200. The number of hydrazone groups is 1. The summed E-state index contributed by atoms with van der Waals surface area (Å²) in [5.41, 5.74) is 4.49. The van der Waals surface area contributed by atoms with Gasteiger partial charge in [0.25, 0.3) is 5.91 Å². The van der Waals surface area contributed by atoms with E-state index in [-0.39, 0.29) is 5.71 Å². The van der Waals surface area contributed by atoms with Gasteiger partial charge >= 0.3 is 0 Å². The predicted octanol–water partition coefficient (Wildman–Crippen LogP) is -2.94. The van der Waals surface area contributed by atoms with E-state index in [2.05, 4.69) is 5.10 Å². The third-order valence-electron chi connectivity index (χ3n) is 1.43. The number of imide groups is 1. The summed E-state index contributed by atoms with van der Waals surface area (Å²) < 4.78 is 0. The Bertz CT molecular complexity index is 295. The highest BCUT2D eigenvalue weighted by Gasteiger charge is 2.42. The molecule has 1 aliphatic heterocycles. The fourth-order valence-corrected chi connectivity index (χ4v) is 0.900. The van der Waals surface area contributed by atoms with Crippen molar-refractivity contribution in [3.05, 3.63) is 0 Å². The topological polar surface area (TPSA) is 128 Å². The molecule has 0 saturated carbocycles. The number of nitrogens with two attached hydrogens (primary N) is 2. The lowest BCUT2D eigenvalue weighted by atomic mass is 10.1. The van der Waals surface area contributed by atoms with Crippen molar-refractivity contribution >= 4 is 23.4 Å². The van der Waals surface area contributed by atoms with E-state index in [0.717, 1.165) is 0 Å². The summed E-state index contributed by atoms with van der Waals surface area (Å²) in [5.74, 6) is 0.942. The van der Waals surface area contributed by atoms with Gasteiger partial charge in [-0.1, -0.05) is 0 Å². The summed E-state index contributed by atoms with van der Waals surface area (Å²) in [6.45, 7) is 0. The number of carbonyl (C=O) groups excluding carboxylic acids is 3. The largest absolute Gasteiger partial charge is 0.369 e. The molecule has 1 saturated heterocycles. The van der Waals surface area contributed by atoms with Crippen molar-refractivity contribution in [3.8, 4) is 0 Å². The molecule has 5 N–H and O–H groups in total. The standard InChI is InChI=1S/C5H6N4O3/c6-3(10)1-2(9-7)5(12)8-4(1)11/h1H,7H2,(H2,6,10)(H,8,11,12)/b9-2-/t1-/m1/s1. The van der Waals surface area contributed by atoms with Gasteiger partial charge in [-0.3, -0.25) is 19.7 Å². The molecule has 0 aliphatic carbocycles. The molecule has 7 heteroatoms. The van der Waals surface area contributed by atoms with Crippen molar-refractivity contribution in [2.75, 3.05) is 0 Å². The normalized spacial score (nSPS) is 26.0. The Labute approximate surface area is 66.8 Å². The number of carbonyl (C=O) groups is 3. The quantitative estimate of drug-likeness (QED) is 0.168. The zero-order valence-corrected chi connectivity index (χ0v) is 5.90. The number of hydrogen-bond donors (Lipinski definition) is 3. The molecule has 1 rings (SSSR count). The number of amides is 3. The second-order valence-electron chi connectivity index (χ2n) is 2.17. The van der Waals surface area contributed by atoms with Gasteiger partial charge in [0, 0.05) is 0 Å². The van der Waals surface area contributed by atoms with Gasteiger partial charge in [-0.2, -0.15) is 5.10 Å². The summed E-state index contributed by atoms with van der Waals surface area (Å²) in [7, 11) is 0. The maximum Gasteiger partial charge on any atom is 0.275 e. The van der Waals surface area contributed by atoms with E-state index in [4.69, 9.17) is 11.6 Å². The van der Waals surface area contributed by atoms with Gasteiger partial charge in [0.1, 0.15) is 5.71 Å². The molecule has 0 aromatic carbocycles. The van der Waals surface area contributed by atoms with Crippen LogP contribution in [0.4, 0.5) is 0 Å². The molecule has 0 radical (unpaired) electrons. The Hall–Kier alpha value is -1.92. The molecule has 1 atom stereocenters. The average Bonchev–Trinajstić information content (AvgIpc) is 2.24. The molecule has 0 bridgehead atoms. The second-order valence-corrected chi connectivity index (χ2v) is 2.17. The number of nitrogens with one attached hydrogen (secondary N) is 1. The number of hydrogen-bond acceptors (Lipinski definition) is 5. The molecular formula is C5H6N4O3. The monoisotopic (exact) mass is 170 g/mol. The van der Waals surface area contributed by atoms with Gasteiger partial charge in [0.2, 0.25) is 11.8 Å². The highest BCUT2D eigenvalue weighted by atomic mass is 16.2. The van der Waals surface area contributed by atoms with E-state index >= 15 is 0 Å². The van der Waals surface area contributed by atoms with E-state index in [1.807, 2.05) is 5.32 Å². The average molecular weight is 170 g/mol. The first-order valence-corrected chi connectivity index (χ1v) is 3.00. The van der Waals surface area contributed by atoms with Crippen molar-refractivity contribution < 1.29 is 14.4 Å². The highest BCUT2D eigenvalue weighted by molar-refractivity contribution is 6.54. The summed E-state index contributed by atoms with van der Waals surface area (Å²) in [5, 5.41) is 4.86. The summed E-state index contributed by atoms with van der Waals surface area (Å²) >= 11 is 0. The number of nitrogens with zero attached hydrogens (tertiary/aromatic N) is 1. The Morgan fingerprint density at radius 1 is 1.50 bits per heavy atom. The Morgan fingerprint density at radius 3 is 2.42 bits per heavy atom. The third-order valence-corrected chi connectivity index (χ3v) is 1.43. The van der Waals surface area contributed by atoms with E-state index in [1.54, 1.807) is 0 Å². The van der Waals surface area contributed by atoms with Gasteiger partial charge < -0.3 is 11.6 Å². The first-order chi connectivity index (χ1) is 5.57. The van der Waals surface area contributed by atoms with Gasteiger partial charge in [-0.05, 0) is 0 Å². The van der Waals surface area contributed by atoms with Crippen LogP contribution in [0, 0.1) is 5.92 Å². The minimum Gasteiger partial charge on any atom is -0.369 e. The minimum atomic E-state index is -1.34. The summed E-state index contributed by atoms with van der Waals surface area (Å²) in [6.07, 6.45) is 0. The lowest BCUT2D eigenvalue weighted by Gasteiger charge is -1.98. The highest BCUT2D eigenvalue weighted by Crippen LogP contribution is 2.06. The van der Waals surface area contributed by atoms with Crippen LogP contribution in [0.5, 0.6) is 0 Å². The maximum absolute atomic E-state index is 10.8. The van der Waals surface area contributed by atoms with E-state index < -0.39 is 23.6 Å². The van der Waals surface area contributed by atoms with Crippen LogP contribution in [-0.4, -0.2) is 23.4 Å². The fourth-order valence-electron chi connectivity index (χ4n) is 0.900. The van der Waals surface area contributed by atoms with E-state index in [0.29, 0.717) is 0 Å². The van der Waals surface area contributed by atoms with Gasteiger partial charge in [0.05, 0.1) is 0 Å². The van der Waals surface area contributed by atoms with Crippen LogP contribution in [0.1, 0.15) is 0 Å². The molecule has 1 aliphatic rings. The summed E-state index contributed by atoms with van der Waals surface area (Å²) in [4.78, 5) is 32.2. The SMILES string of the molecule is N/N=C1\C(=O)NC(=O)[C@H]1C(N)=O. The van der Waals surface area contributed by atoms with Crippen LogP contribution in [0.25, 0.3) is 0 Å². The molecule has 0 spiro atoms. The molecule has 1 fully saturated rings. The van der Waals surface area contributed by atoms with Gasteiger partial charge in [-0.15, -0.1) is 0 Å². The zero-order chi connectivity index (χ0) is 9.30. The Kier molecular flexibility index (Phi) is 1.78. The van der Waals surface area contributed by atoms with Crippen LogP contribution < -0.4 is 16.9 Å². The smallest absolute Gasteiger partial charge is 0.275 e. The second kappa shape index (κ2) is 2.61. The maximum atomic E-state index is 10.8. The minimum absolute atomic E-state index is 0.340. The molecule has 0 aromatic rings. The first-order valence-electron chi connectivity index (χ1n) is 3.00. The van der Waals surface area contributed by atoms with Crippen LogP contribution in [-0.2, 0) is 14.4 Å². The Morgan fingerprint density at radius 2 is 2.08 bits per heavy atom. The molecule has 12 heavy (non-hydrogen) atoms. The van der Waals surface area contributed by atoms with Crippen LogP contribution in [0.3, 0.4) is 0 Å². The zero-order valence-electron chi connectivity index (χ0n) is 5.90. The Balaban J connectivity index is 3.06. The van der Waals surface area contributed by atoms with Crippen LogP contribution in [0.2, 0.25) is 0 Å². The van der Waals surface area contributed by atoms with E-state index in [1.165, 1.54) is 0 Å². The van der Waals surface area contributed by atoms with Crippen molar-refractivity contribution in [1.82, 2.24) is 5.32 Å². The van der Waals surface area contributed by atoms with Crippen molar-refractivity contribution in [2.45, 2.75) is 0 Å². The molecule has 3 amide bonds. The molecule has 64 valence electrons. The number of rotatable bonds is 1. The molecule has 0 aromatic heterocycles. The third kappa shape index (κ3) is 1.00. The summed E-state index contributed by atoms with van der Waals surface area (Å²) in [6, 6.07) is 0. The molecule has 1 heterocycles. The van der Waals surface area contributed by atoms with Crippen molar-refractivity contribution in [3.63, 3.8) is 0 Å². The lowest BCUT2D eigenvalue weighted by Crippen LogP contribution is -2.33. The number of primary amides is 1. The van der Waals surface area contributed by atoms with E-state index in [9.17, 15) is 14.4 Å². The van der Waals surface area contributed by atoms with Crippen molar-refractivity contribution in [2.24, 2.45) is 22.6 Å². The van der Waals surface area contributed by atoms with Gasteiger partial charge in [-0.25, -0.2) is 0 Å². The van der Waals surface area contributed by atoms with Crippen LogP contribution >= 0.6 is 0 Å². The predicted molar refractivity (Wildman–Crippen MR) is 37.5 cm³/mol.